The summed E-state index contributed by atoms with van der Waals surface area (Å²) in [7, 11) is 0. The minimum atomic E-state index is 0.464. The highest BCUT2D eigenvalue weighted by Crippen LogP contribution is 2.23. The van der Waals surface area contributed by atoms with Crippen LogP contribution in [0.1, 0.15) is 18.1 Å². The molecule has 0 saturated carbocycles. The molecular weight excluding hydrogens is 172 g/mol. The molecule has 0 aromatic heterocycles. The molecule has 1 rings (SSSR count). The maximum atomic E-state index is 5.90. The molecule has 66 valence electrons. The molecule has 1 aromatic carbocycles. The van der Waals surface area contributed by atoms with Crippen molar-refractivity contribution < 1.29 is 0 Å². The minimum absolute atomic E-state index is 0.464. The molecule has 0 atom stereocenters. The Labute approximate surface area is 77.5 Å². The largest absolute Gasteiger partial charge is 0.398 e. The SMILES string of the molecule is CCc1cc(CN)c(Cl)cc1N. The van der Waals surface area contributed by atoms with Crippen molar-refractivity contribution in [3.63, 3.8) is 0 Å². The smallest absolute Gasteiger partial charge is 0.0471 e. The first kappa shape index (κ1) is 9.36. The van der Waals surface area contributed by atoms with Crippen LogP contribution in [-0.2, 0) is 13.0 Å². The molecule has 0 amide bonds. The fraction of sp³-hybridized carbons (Fsp3) is 0.333. The third-order valence-corrected chi connectivity index (χ3v) is 2.26. The number of hydrogen-bond acceptors (Lipinski definition) is 2. The second-order valence-electron chi connectivity index (χ2n) is 2.70. The van der Waals surface area contributed by atoms with Crippen molar-refractivity contribution in [1.29, 1.82) is 0 Å². The lowest BCUT2D eigenvalue weighted by Gasteiger charge is -2.07. The first-order chi connectivity index (χ1) is 5.69. The van der Waals surface area contributed by atoms with Gasteiger partial charge < -0.3 is 11.5 Å². The van der Waals surface area contributed by atoms with E-state index in [1.165, 1.54) is 0 Å². The van der Waals surface area contributed by atoms with Gasteiger partial charge in [-0.1, -0.05) is 24.6 Å². The summed E-state index contributed by atoms with van der Waals surface area (Å²) >= 11 is 5.90. The molecule has 0 fully saturated rings. The van der Waals surface area contributed by atoms with Crippen molar-refractivity contribution in [3.8, 4) is 0 Å². The fourth-order valence-corrected chi connectivity index (χ4v) is 1.40. The predicted octanol–water partition coefficient (Wildman–Crippen LogP) is 1.94. The van der Waals surface area contributed by atoms with Gasteiger partial charge in [-0.15, -0.1) is 0 Å². The maximum absolute atomic E-state index is 5.90. The second-order valence-corrected chi connectivity index (χ2v) is 3.11. The maximum Gasteiger partial charge on any atom is 0.0471 e. The Morgan fingerprint density at radius 3 is 2.50 bits per heavy atom. The Bertz CT molecular complexity index is 259. The van der Waals surface area contributed by atoms with Crippen LogP contribution in [0.2, 0.25) is 5.02 Å². The normalized spacial score (nSPS) is 10.2. The Morgan fingerprint density at radius 2 is 2.00 bits per heavy atom. The average molecular weight is 185 g/mol. The number of anilines is 1. The molecule has 0 aliphatic rings. The van der Waals surface area contributed by atoms with Crippen molar-refractivity contribution >= 4 is 17.3 Å². The summed E-state index contributed by atoms with van der Waals surface area (Å²) in [6.07, 6.45) is 0.913. The molecule has 0 spiro atoms. The summed E-state index contributed by atoms with van der Waals surface area (Å²) in [6, 6.07) is 3.74. The van der Waals surface area contributed by atoms with E-state index in [2.05, 4.69) is 6.92 Å². The molecule has 0 heterocycles. The minimum Gasteiger partial charge on any atom is -0.398 e. The topological polar surface area (TPSA) is 52.0 Å². The Morgan fingerprint density at radius 1 is 1.33 bits per heavy atom. The van der Waals surface area contributed by atoms with Gasteiger partial charge in [0.15, 0.2) is 0 Å². The highest BCUT2D eigenvalue weighted by atomic mass is 35.5. The Kier molecular flexibility index (Phi) is 2.95. The van der Waals surface area contributed by atoms with Crippen LogP contribution in [0.25, 0.3) is 0 Å². The van der Waals surface area contributed by atoms with Crippen LogP contribution in [0, 0.1) is 0 Å². The standard InChI is InChI=1S/C9H13ClN2/c1-2-6-3-7(5-11)8(10)4-9(6)12/h3-4H,2,5,11-12H2,1H3. The van der Waals surface area contributed by atoms with Crippen molar-refractivity contribution in [2.45, 2.75) is 19.9 Å². The van der Waals surface area contributed by atoms with Gasteiger partial charge in [-0.25, -0.2) is 0 Å². The molecule has 4 N–H and O–H groups in total. The van der Waals surface area contributed by atoms with Crippen LogP contribution in [-0.4, -0.2) is 0 Å². The van der Waals surface area contributed by atoms with E-state index >= 15 is 0 Å². The monoisotopic (exact) mass is 184 g/mol. The summed E-state index contributed by atoms with van der Waals surface area (Å²) in [5, 5.41) is 0.659. The number of nitrogens with two attached hydrogens (primary N) is 2. The van der Waals surface area contributed by atoms with Gasteiger partial charge >= 0.3 is 0 Å². The van der Waals surface area contributed by atoms with Crippen molar-refractivity contribution in [2.75, 3.05) is 5.73 Å². The van der Waals surface area contributed by atoms with Gasteiger partial charge in [0.25, 0.3) is 0 Å². The zero-order valence-corrected chi connectivity index (χ0v) is 7.86. The molecule has 12 heavy (non-hydrogen) atoms. The molecule has 0 bridgehead atoms. The zero-order chi connectivity index (χ0) is 9.14. The van der Waals surface area contributed by atoms with Crippen molar-refractivity contribution in [2.24, 2.45) is 5.73 Å². The highest BCUT2D eigenvalue weighted by Gasteiger charge is 2.03. The van der Waals surface area contributed by atoms with Gasteiger partial charge in [0.1, 0.15) is 0 Å². The number of rotatable bonds is 2. The van der Waals surface area contributed by atoms with Gasteiger partial charge in [-0.3, -0.25) is 0 Å². The first-order valence-corrected chi connectivity index (χ1v) is 4.33. The number of halogens is 1. The van der Waals surface area contributed by atoms with E-state index in [-0.39, 0.29) is 0 Å². The van der Waals surface area contributed by atoms with E-state index in [1.54, 1.807) is 6.07 Å². The van der Waals surface area contributed by atoms with E-state index in [0.29, 0.717) is 11.6 Å². The molecule has 2 nitrogen and oxygen atoms in total. The number of hydrogen-bond donors (Lipinski definition) is 2. The summed E-state index contributed by atoms with van der Waals surface area (Å²) in [5.41, 5.74) is 14.1. The molecule has 0 radical (unpaired) electrons. The van der Waals surface area contributed by atoms with E-state index in [4.69, 9.17) is 23.1 Å². The van der Waals surface area contributed by atoms with Gasteiger partial charge in [0, 0.05) is 17.3 Å². The Balaban J connectivity index is 3.18. The van der Waals surface area contributed by atoms with E-state index < -0.39 is 0 Å². The van der Waals surface area contributed by atoms with Gasteiger partial charge in [-0.2, -0.15) is 0 Å². The summed E-state index contributed by atoms with van der Waals surface area (Å²) in [5.74, 6) is 0. The molecule has 0 unspecified atom stereocenters. The molecule has 0 aliphatic heterocycles. The lowest BCUT2D eigenvalue weighted by Crippen LogP contribution is -2.01. The van der Waals surface area contributed by atoms with E-state index in [1.807, 2.05) is 6.07 Å². The van der Waals surface area contributed by atoms with E-state index in [0.717, 1.165) is 23.2 Å². The van der Waals surface area contributed by atoms with Gasteiger partial charge in [0.05, 0.1) is 0 Å². The van der Waals surface area contributed by atoms with Crippen LogP contribution in [0.4, 0.5) is 5.69 Å². The predicted molar refractivity (Wildman–Crippen MR) is 53.1 cm³/mol. The molecular formula is C9H13ClN2. The second kappa shape index (κ2) is 3.78. The van der Waals surface area contributed by atoms with Crippen LogP contribution in [0.15, 0.2) is 12.1 Å². The van der Waals surface area contributed by atoms with Crippen LogP contribution in [0.3, 0.4) is 0 Å². The molecule has 3 heteroatoms. The average Bonchev–Trinajstić information content (AvgIpc) is 2.05. The molecule has 0 aliphatic carbocycles. The van der Waals surface area contributed by atoms with Crippen molar-refractivity contribution in [1.82, 2.24) is 0 Å². The quantitative estimate of drug-likeness (QED) is 0.691. The third-order valence-electron chi connectivity index (χ3n) is 1.91. The summed E-state index contributed by atoms with van der Waals surface area (Å²) in [6.45, 7) is 2.52. The summed E-state index contributed by atoms with van der Waals surface area (Å²) < 4.78 is 0. The highest BCUT2D eigenvalue weighted by molar-refractivity contribution is 6.31. The van der Waals surface area contributed by atoms with Crippen molar-refractivity contribution in [3.05, 3.63) is 28.3 Å². The van der Waals surface area contributed by atoms with E-state index in [9.17, 15) is 0 Å². The van der Waals surface area contributed by atoms with Gasteiger partial charge in [-0.05, 0) is 23.6 Å². The number of nitrogen functional groups attached to an aromatic ring is 1. The Hall–Kier alpha value is -0.730. The lowest BCUT2D eigenvalue weighted by molar-refractivity contribution is 1.05. The number of benzene rings is 1. The summed E-state index contributed by atoms with van der Waals surface area (Å²) in [4.78, 5) is 0. The molecule has 1 aromatic rings. The number of aryl methyl sites for hydroxylation is 1. The third kappa shape index (κ3) is 1.71. The van der Waals surface area contributed by atoms with Crippen LogP contribution >= 0.6 is 11.6 Å². The van der Waals surface area contributed by atoms with Crippen LogP contribution < -0.4 is 11.5 Å². The fourth-order valence-electron chi connectivity index (χ4n) is 1.15. The lowest BCUT2D eigenvalue weighted by atomic mass is 10.1. The van der Waals surface area contributed by atoms with Gasteiger partial charge in [0.2, 0.25) is 0 Å². The molecule has 0 saturated heterocycles. The van der Waals surface area contributed by atoms with Crippen LogP contribution in [0.5, 0.6) is 0 Å². The zero-order valence-electron chi connectivity index (χ0n) is 7.10. The first-order valence-electron chi connectivity index (χ1n) is 3.95.